The molecule has 2 aliphatic rings. The smallest absolute Gasteiger partial charge is 0.461 e. The Hall–Kier alpha value is -2.76. The molecule has 0 aliphatic carbocycles. The molecule has 4 unspecified atom stereocenters. The summed E-state index contributed by atoms with van der Waals surface area (Å²) in [5.41, 5.74) is 0.647. The molecule has 0 aromatic heterocycles. The van der Waals surface area contributed by atoms with Crippen molar-refractivity contribution in [1.29, 1.82) is 0 Å². The maximum Gasteiger partial charge on any atom is 0.530 e. The Labute approximate surface area is 254 Å². The number of phosphoric ester groups is 1. The molecule has 246 valence electrons. The molecule has 1 aromatic rings. The summed E-state index contributed by atoms with van der Waals surface area (Å²) in [6.45, 7) is 2.19. The van der Waals surface area contributed by atoms with Gasteiger partial charge in [0.15, 0.2) is 0 Å². The third kappa shape index (κ3) is 11.3. The Morgan fingerprint density at radius 2 is 1.75 bits per heavy atom. The lowest BCUT2D eigenvalue weighted by molar-refractivity contribution is -0.144. The first kappa shape index (κ1) is 35.7. The number of amides is 2. The van der Waals surface area contributed by atoms with Crippen molar-refractivity contribution in [2.24, 2.45) is 0 Å². The van der Waals surface area contributed by atoms with E-state index in [1.807, 2.05) is 0 Å². The lowest BCUT2D eigenvalue weighted by atomic mass is 10.1. The fourth-order valence-electron chi connectivity index (χ4n) is 3.91. The number of rotatable bonds is 20. The van der Waals surface area contributed by atoms with Gasteiger partial charge in [-0.05, 0) is 17.7 Å². The van der Waals surface area contributed by atoms with E-state index in [1.165, 1.54) is 18.2 Å². The van der Waals surface area contributed by atoms with Crippen LogP contribution in [0.1, 0.15) is 18.9 Å². The Bertz CT molecular complexity index is 1150. The molecule has 17 heteroatoms. The van der Waals surface area contributed by atoms with Crippen LogP contribution < -0.4 is 15.2 Å². The molecule has 3 rings (SSSR count). The van der Waals surface area contributed by atoms with Crippen molar-refractivity contribution < 1.29 is 66.4 Å². The molecule has 2 amide bonds. The highest BCUT2D eigenvalue weighted by atomic mass is 31.2. The van der Waals surface area contributed by atoms with E-state index in [1.54, 1.807) is 26.2 Å². The van der Waals surface area contributed by atoms with Crippen molar-refractivity contribution in [1.82, 2.24) is 10.6 Å². The molecule has 1 fully saturated rings. The molecule has 1 saturated heterocycles. The topological polar surface area (TPSA) is 207 Å². The minimum Gasteiger partial charge on any atom is -0.461 e. The first-order chi connectivity index (χ1) is 21.2. The van der Waals surface area contributed by atoms with Crippen molar-refractivity contribution >= 4 is 25.6 Å². The predicted molar refractivity (Wildman–Crippen MR) is 150 cm³/mol. The largest absolute Gasteiger partial charge is 0.530 e. The molecule has 2 aliphatic heterocycles. The van der Waals surface area contributed by atoms with Gasteiger partial charge in [0.25, 0.3) is 0 Å². The summed E-state index contributed by atoms with van der Waals surface area (Å²) in [5.74, 6) is -1.56. The van der Waals surface area contributed by atoms with E-state index in [0.717, 1.165) is 6.08 Å². The number of aliphatic hydroxyl groups excluding tert-OH is 2. The highest BCUT2D eigenvalue weighted by Crippen LogP contribution is 2.52. The number of nitrogens with one attached hydrogen (secondary N) is 2. The van der Waals surface area contributed by atoms with E-state index in [-0.39, 0.29) is 44.6 Å². The second kappa shape index (κ2) is 18.3. The van der Waals surface area contributed by atoms with Gasteiger partial charge in [0.2, 0.25) is 11.8 Å². The summed E-state index contributed by atoms with van der Waals surface area (Å²) in [4.78, 5) is 35.0. The van der Waals surface area contributed by atoms with Crippen LogP contribution in [-0.2, 0) is 58.3 Å². The number of hydrogen-bond acceptors (Lipinski definition) is 15. The van der Waals surface area contributed by atoms with E-state index in [0.29, 0.717) is 25.4 Å². The summed E-state index contributed by atoms with van der Waals surface area (Å²) in [7, 11) is -2.96. The maximum absolute atomic E-state index is 13.9. The number of aliphatic hydroxyl groups is 2. The predicted octanol–water partition coefficient (Wildman–Crippen LogP) is -0.0430. The van der Waals surface area contributed by atoms with Gasteiger partial charge in [-0.25, -0.2) is 4.57 Å². The standard InChI is InChI=1S/C27H39N2O14P/c1-3-23(32)39-17-18-4-6-19(7-5-18)42-44(35,40-15-14-38-13-12-37-11-10-36-2)43-25-21(16-30)41-27(24(25)33)28-20-8-9-22(31)29-26(20)34/h4-9,20-21,24-25,27-28,30,33H,3,10-17H2,1-2H3,(H,29,31,34)/t20?,21-,24?,25?,27-,44?/m1/s1. The van der Waals surface area contributed by atoms with Gasteiger partial charge in [-0.3, -0.25) is 34.1 Å². The van der Waals surface area contributed by atoms with E-state index >= 15 is 0 Å². The number of methoxy groups -OCH3 is 1. The quantitative estimate of drug-likeness (QED) is 0.0634. The van der Waals surface area contributed by atoms with Crippen LogP contribution >= 0.6 is 7.82 Å². The zero-order chi connectivity index (χ0) is 32.0. The number of hydrogen-bond donors (Lipinski definition) is 4. The minimum atomic E-state index is -4.52. The van der Waals surface area contributed by atoms with Crippen LogP contribution in [0.5, 0.6) is 5.75 Å². The molecule has 44 heavy (non-hydrogen) atoms. The van der Waals surface area contributed by atoms with E-state index < -0.39 is 56.8 Å². The average molecular weight is 647 g/mol. The molecule has 4 N–H and O–H groups in total. The lowest BCUT2D eigenvalue weighted by Gasteiger charge is -2.26. The minimum absolute atomic E-state index is 0.00867. The zero-order valence-electron chi connectivity index (χ0n) is 24.5. The van der Waals surface area contributed by atoms with Crippen LogP contribution in [0, 0.1) is 0 Å². The summed E-state index contributed by atoms with van der Waals surface area (Å²) < 4.78 is 57.0. The molecule has 0 radical (unpaired) electrons. The van der Waals surface area contributed by atoms with Crippen LogP contribution in [0.3, 0.4) is 0 Å². The summed E-state index contributed by atoms with van der Waals surface area (Å²) in [6.07, 6.45) is -2.78. The summed E-state index contributed by atoms with van der Waals surface area (Å²) in [5, 5.41) is 25.7. The van der Waals surface area contributed by atoms with Gasteiger partial charge in [-0.1, -0.05) is 25.1 Å². The van der Waals surface area contributed by atoms with E-state index in [2.05, 4.69) is 10.6 Å². The van der Waals surface area contributed by atoms with Gasteiger partial charge < -0.3 is 38.4 Å². The molecule has 16 nitrogen and oxygen atoms in total. The highest BCUT2D eigenvalue weighted by molar-refractivity contribution is 7.49. The van der Waals surface area contributed by atoms with Crippen LogP contribution in [0.15, 0.2) is 36.4 Å². The van der Waals surface area contributed by atoms with Crippen LogP contribution in [0.4, 0.5) is 0 Å². The molecule has 0 spiro atoms. The first-order valence-corrected chi connectivity index (χ1v) is 15.4. The molecule has 2 heterocycles. The molecule has 0 bridgehead atoms. The highest BCUT2D eigenvalue weighted by Gasteiger charge is 2.50. The molecule has 1 aromatic carbocycles. The van der Waals surface area contributed by atoms with Crippen molar-refractivity contribution in [3.63, 3.8) is 0 Å². The normalized spacial score (nSPS) is 24.6. The van der Waals surface area contributed by atoms with Crippen LogP contribution in [0.2, 0.25) is 0 Å². The SMILES string of the molecule is CCC(=O)OCc1ccc(OP(=O)(OCCOCCOCCOC)OC2C(O)[C@H](NC3C=CC(=O)NC3=O)O[C@@H]2CO)cc1. The number of phosphoric acid groups is 1. The van der Waals surface area contributed by atoms with Gasteiger partial charge in [-0.15, -0.1) is 0 Å². The number of esters is 1. The van der Waals surface area contributed by atoms with Crippen LogP contribution in [-0.4, -0.2) is 112 Å². The van der Waals surface area contributed by atoms with Crippen LogP contribution in [0.25, 0.3) is 0 Å². The lowest BCUT2D eigenvalue weighted by Crippen LogP contribution is -2.54. The van der Waals surface area contributed by atoms with Gasteiger partial charge in [0.1, 0.15) is 42.9 Å². The van der Waals surface area contributed by atoms with E-state index in [4.69, 9.17) is 37.3 Å². The zero-order valence-corrected chi connectivity index (χ0v) is 25.3. The second-order valence-electron chi connectivity index (χ2n) is 9.44. The summed E-state index contributed by atoms with van der Waals surface area (Å²) in [6, 6.07) is 5.08. The molecule has 0 saturated carbocycles. The fraction of sp³-hybridized carbons (Fsp3) is 0.593. The monoisotopic (exact) mass is 646 g/mol. The fourth-order valence-corrected chi connectivity index (χ4v) is 5.31. The third-order valence-corrected chi connectivity index (χ3v) is 7.62. The second-order valence-corrected chi connectivity index (χ2v) is 11.0. The molecule has 6 atom stereocenters. The van der Waals surface area contributed by atoms with Gasteiger partial charge in [-0.2, -0.15) is 0 Å². The maximum atomic E-state index is 13.9. The van der Waals surface area contributed by atoms with Gasteiger partial charge in [0.05, 0.1) is 46.2 Å². The number of benzene rings is 1. The first-order valence-electron chi connectivity index (χ1n) is 13.9. The Morgan fingerprint density at radius 1 is 1.07 bits per heavy atom. The van der Waals surface area contributed by atoms with Gasteiger partial charge in [0, 0.05) is 19.6 Å². The Morgan fingerprint density at radius 3 is 2.39 bits per heavy atom. The number of carbonyl (C=O) groups is 3. The van der Waals surface area contributed by atoms with Crippen molar-refractivity contribution in [2.75, 3.05) is 53.4 Å². The average Bonchev–Trinajstić information content (AvgIpc) is 3.30. The van der Waals surface area contributed by atoms with Crippen molar-refractivity contribution in [3.05, 3.63) is 42.0 Å². The molecular weight excluding hydrogens is 607 g/mol. The Balaban J connectivity index is 1.66. The van der Waals surface area contributed by atoms with Crippen molar-refractivity contribution in [3.8, 4) is 5.75 Å². The number of ether oxygens (including phenoxy) is 5. The number of imide groups is 1. The molecular formula is C27H39N2O14P. The third-order valence-electron chi connectivity index (χ3n) is 6.19. The van der Waals surface area contributed by atoms with Gasteiger partial charge >= 0.3 is 13.8 Å². The van der Waals surface area contributed by atoms with E-state index in [9.17, 15) is 29.2 Å². The number of carbonyl (C=O) groups excluding carboxylic acids is 3. The summed E-state index contributed by atoms with van der Waals surface area (Å²) >= 11 is 0. The van der Waals surface area contributed by atoms with Crippen molar-refractivity contribution in [2.45, 2.75) is 50.5 Å². The Kier molecular flexibility index (Phi) is 14.8.